The van der Waals surface area contributed by atoms with Gasteiger partial charge in [0, 0.05) is 19.1 Å². The van der Waals surface area contributed by atoms with Crippen LogP contribution in [0.4, 0.5) is 0 Å². The minimum atomic E-state index is 0.626. The average molecular weight is 199 g/mol. The quantitative estimate of drug-likeness (QED) is 0.637. The van der Waals surface area contributed by atoms with Crippen LogP contribution in [0.3, 0.4) is 0 Å². The van der Waals surface area contributed by atoms with Gasteiger partial charge in [-0.25, -0.2) is 0 Å². The van der Waals surface area contributed by atoms with Gasteiger partial charge in [0.05, 0.1) is 0 Å². The molecule has 3 N–H and O–H groups in total. The predicted molar refractivity (Wildman–Crippen MR) is 61.4 cm³/mol. The van der Waals surface area contributed by atoms with Gasteiger partial charge in [0.2, 0.25) is 0 Å². The Morgan fingerprint density at radius 2 is 2.07 bits per heavy atom. The largest absolute Gasteiger partial charge is 0.330 e. The van der Waals surface area contributed by atoms with Gasteiger partial charge in [-0.3, -0.25) is 0 Å². The Kier molecular flexibility index (Phi) is 6.15. The second kappa shape index (κ2) is 7.21. The zero-order valence-electron chi connectivity index (χ0n) is 9.47. The lowest BCUT2D eigenvalue weighted by atomic mass is 10.2. The molecule has 0 saturated carbocycles. The van der Waals surface area contributed by atoms with Crippen molar-refractivity contribution in [3.8, 4) is 0 Å². The van der Waals surface area contributed by atoms with Gasteiger partial charge < -0.3 is 16.0 Å². The van der Waals surface area contributed by atoms with Crippen molar-refractivity contribution < 1.29 is 0 Å². The van der Waals surface area contributed by atoms with E-state index in [-0.39, 0.29) is 0 Å². The molecule has 0 amide bonds. The number of rotatable bonds is 7. The molecule has 0 aliphatic carbocycles. The van der Waals surface area contributed by atoms with E-state index in [1.807, 2.05) is 0 Å². The highest BCUT2D eigenvalue weighted by atomic mass is 15.1. The van der Waals surface area contributed by atoms with Gasteiger partial charge in [-0.05, 0) is 52.2 Å². The second-order valence-electron chi connectivity index (χ2n) is 4.33. The lowest BCUT2D eigenvalue weighted by Gasteiger charge is -2.18. The first-order valence-electron chi connectivity index (χ1n) is 5.98. The average Bonchev–Trinajstić information content (AvgIpc) is 2.67. The fourth-order valence-corrected chi connectivity index (χ4v) is 2.00. The van der Waals surface area contributed by atoms with E-state index in [9.17, 15) is 0 Å². The van der Waals surface area contributed by atoms with Crippen LogP contribution in [-0.4, -0.2) is 43.7 Å². The molecule has 14 heavy (non-hydrogen) atoms. The second-order valence-corrected chi connectivity index (χ2v) is 4.33. The third-order valence-electron chi connectivity index (χ3n) is 2.96. The molecule has 0 aromatic rings. The number of nitrogens with zero attached hydrogens (tertiary/aromatic N) is 1. The Bertz CT molecular complexity index is 132. The summed E-state index contributed by atoms with van der Waals surface area (Å²) in [6, 6.07) is 0.626. The molecular weight excluding hydrogens is 174 g/mol. The summed E-state index contributed by atoms with van der Waals surface area (Å²) in [6.07, 6.45) is 5.12. The molecule has 1 heterocycles. The van der Waals surface area contributed by atoms with Crippen LogP contribution in [0.1, 0.15) is 32.6 Å². The zero-order chi connectivity index (χ0) is 10.2. The van der Waals surface area contributed by atoms with E-state index in [1.54, 1.807) is 0 Å². The highest BCUT2D eigenvalue weighted by Gasteiger charge is 2.10. The van der Waals surface area contributed by atoms with Gasteiger partial charge in [0.1, 0.15) is 0 Å². The van der Waals surface area contributed by atoms with Crippen LogP contribution in [0.15, 0.2) is 0 Å². The molecule has 3 heteroatoms. The molecular formula is C11H25N3. The fraction of sp³-hybridized carbons (Fsp3) is 1.00. The fourth-order valence-electron chi connectivity index (χ4n) is 2.00. The minimum Gasteiger partial charge on any atom is -0.330 e. The summed E-state index contributed by atoms with van der Waals surface area (Å²) in [4.78, 5) is 2.54. The van der Waals surface area contributed by atoms with Crippen molar-refractivity contribution in [2.24, 2.45) is 5.73 Å². The molecule has 1 aliphatic rings. The maximum absolute atomic E-state index is 5.47. The van der Waals surface area contributed by atoms with Crippen LogP contribution in [0, 0.1) is 0 Å². The van der Waals surface area contributed by atoms with Crippen LogP contribution in [0.5, 0.6) is 0 Å². The van der Waals surface area contributed by atoms with E-state index in [1.165, 1.54) is 38.9 Å². The van der Waals surface area contributed by atoms with Crippen molar-refractivity contribution in [1.82, 2.24) is 10.2 Å². The first-order chi connectivity index (χ1) is 6.83. The van der Waals surface area contributed by atoms with Crippen molar-refractivity contribution in [3.05, 3.63) is 0 Å². The Balaban J connectivity index is 1.91. The van der Waals surface area contributed by atoms with Crippen LogP contribution in [0.2, 0.25) is 0 Å². The summed E-state index contributed by atoms with van der Waals surface area (Å²) in [5.41, 5.74) is 5.47. The molecule has 0 aromatic carbocycles. The number of nitrogens with two attached hydrogens (primary N) is 1. The Hall–Kier alpha value is -0.120. The number of hydrogen-bond donors (Lipinski definition) is 2. The molecule has 1 aliphatic heterocycles. The van der Waals surface area contributed by atoms with Gasteiger partial charge >= 0.3 is 0 Å². The minimum absolute atomic E-state index is 0.626. The lowest BCUT2D eigenvalue weighted by Crippen LogP contribution is -2.34. The number of hydrogen-bond acceptors (Lipinski definition) is 3. The summed E-state index contributed by atoms with van der Waals surface area (Å²) in [5.74, 6) is 0. The molecule has 1 saturated heterocycles. The smallest absolute Gasteiger partial charge is 0.0107 e. The summed E-state index contributed by atoms with van der Waals surface area (Å²) in [7, 11) is 0. The molecule has 0 radical (unpaired) electrons. The number of likely N-dealkylation sites (tertiary alicyclic amines) is 1. The standard InChI is InChI=1S/C11H25N3/c1-11(5-4-6-12)13-7-10-14-8-2-3-9-14/h11,13H,2-10,12H2,1H3. The summed E-state index contributed by atoms with van der Waals surface area (Å²) >= 11 is 0. The van der Waals surface area contributed by atoms with Gasteiger partial charge in [-0.2, -0.15) is 0 Å². The Labute approximate surface area is 88.0 Å². The molecule has 0 bridgehead atoms. The molecule has 1 atom stereocenters. The first-order valence-corrected chi connectivity index (χ1v) is 5.98. The third-order valence-corrected chi connectivity index (χ3v) is 2.96. The molecule has 1 fully saturated rings. The van der Waals surface area contributed by atoms with E-state index in [2.05, 4.69) is 17.1 Å². The summed E-state index contributed by atoms with van der Waals surface area (Å²) in [6.45, 7) is 8.02. The maximum atomic E-state index is 5.47. The Morgan fingerprint density at radius 1 is 1.36 bits per heavy atom. The molecule has 1 unspecified atom stereocenters. The highest BCUT2D eigenvalue weighted by molar-refractivity contribution is 4.68. The van der Waals surface area contributed by atoms with Crippen LogP contribution >= 0.6 is 0 Å². The van der Waals surface area contributed by atoms with Crippen molar-refractivity contribution in [1.29, 1.82) is 0 Å². The molecule has 1 rings (SSSR count). The predicted octanol–water partition coefficient (Wildman–Crippen LogP) is 0.799. The van der Waals surface area contributed by atoms with E-state index in [0.29, 0.717) is 6.04 Å². The van der Waals surface area contributed by atoms with E-state index in [4.69, 9.17) is 5.73 Å². The summed E-state index contributed by atoms with van der Waals surface area (Å²) < 4.78 is 0. The van der Waals surface area contributed by atoms with Crippen LogP contribution in [0.25, 0.3) is 0 Å². The first kappa shape index (κ1) is 12.0. The van der Waals surface area contributed by atoms with Gasteiger partial charge in [-0.15, -0.1) is 0 Å². The van der Waals surface area contributed by atoms with Gasteiger partial charge in [0.25, 0.3) is 0 Å². The topological polar surface area (TPSA) is 41.3 Å². The molecule has 84 valence electrons. The SMILES string of the molecule is CC(CCCN)NCCN1CCCC1. The van der Waals surface area contributed by atoms with Crippen molar-refractivity contribution in [2.45, 2.75) is 38.6 Å². The van der Waals surface area contributed by atoms with Crippen LogP contribution in [-0.2, 0) is 0 Å². The normalized spacial score (nSPS) is 20.1. The van der Waals surface area contributed by atoms with Crippen molar-refractivity contribution >= 4 is 0 Å². The lowest BCUT2D eigenvalue weighted by molar-refractivity contribution is 0.326. The monoisotopic (exact) mass is 199 g/mol. The van der Waals surface area contributed by atoms with Crippen molar-refractivity contribution in [3.63, 3.8) is 0 Å². The molecule has 0 aromatic heterocycles. The van der Waals surface area contributed by atoms with E-state index >= 15 is 0 Å². The van der Waals surface area contributed by atoms with E-state index < -0.39 is 0 Å². The Morgan fingerprint density at radius 3 is 2.71 bits per heavy atom. The molecule has 3 nitrogen and oxygen atoms in total. The summed E-state index contributed by atoms with van der Waals surface area (Å²) in [5, 5.41) is 3.55. The van der Waals surface area contributed by atoms with Gasteiger partial charge in [0.15, 0.2) is 0 Å². The maximum Gasteiger partial charge on any atom is 0.0107 e. The highest BCUT2D eigenvalue weighted by Crippen LogP contribution is 2.05. The third kappa shape index (κ3) is 4.94. The number of nitrogens with one attached hydrogen (secondary N) is 1. The zero-order valence-corrected chi connectivity index (χ0v) is 9.47. The van der Waals surface area contributed by atoms with Crippen LogP contribution < -0.4 is 11.1 Å². The van der Waals surface area contributed by atoms with Crippen molar-refractivity contribution in [2.75, 3.05) is 32.7 Å². The van der Waals surface area contributed by atoms with Gasteiger partial charge in [-0.1, -0.05) is 0 Å². The van der Waals surface area contributed by atoms with E-state index in [0.717, 1.165) is 19.5 Å². The molecule has 0 spiro atoms.